The molecular weight excluding hydrogens is 250 g/mol. The third-order valence-corrected chi connectivity index (χ3v) is 3.17. The fourth-order valence-corrected chi connectivity index (χ4v) is 1.88. The molecule has 7 nitrogen and oxygen atoms in total. The first-order valence-corrected chi connectivity index (χ1v) is 5.94. The zero-order valence-electron chi connectivity index (χ0n) is 10.3. The maximum absolute atomic E-state index is 12.1. The zero-order valence-corrected chi connectivity index (χ0v) is 10.3. The highest BCUT2D eigenvalue weighted by molar-refractivity contribution is 5.98. The van der Waals surface area contributed by atoms with Crippen LogP contribution in [0, 0.1) is 10.1 Å². The van der Waals surface area contributed by atoms with Crippen molar-refractivity contribution in [1.82, 2.24) is 0 Å². The molecule has 0 saturated carbocycles. The fraction of sp³-hybridized carbons (Fsp3) is 0.417. The summed E-state index contributed by atoms with van der Waals surface area (Å²) in [5.74, 6) is -0.287. The Balaban J connectivity index is 2.04. The van der Waals surface area contributed by atoms with Crippen LogP contribution in [0.1, 0.15) is 12.8 Å². The Morgan fingerprint density at radius 1 is 1.32 bits per heavy atom. The summed E-state index contributed by atoms with van der Waals surface area (Å²) in [4.78, 5) is 22.1. The molecule has 1 amide bonds. The summed E-state index contributed by atoms with van der Waals surface area (Å²) < 4.78 is 5.17. The molecule has 0 unspecified atom stereocenters. The van der Waals surface area contributed by atoms with Crippen LogP contribution in [0.4, 0.5) is 11.4 Å². The van der Waals surface area contributed by atoms with Gasteiger partial charge in [0.05, 0.1) is 4.92 Å². The van der Waals surface area contributed by atoms with Gasteiger partial charge in [0, 0.05) is 31.0 Å². The lowest BCUT2D eigenvalue weighted by molar-refractivity contribution is -0.384. The van der Waals surface area contributed by atoms with Gasteiger partial charge in [-0.25, -0.2) is 0 Å². The number of hydrogen-bond acceptors (Lipinski definition) is 5. The Morgan fingerprint density at radius 3 is 2.42 bits per heavy atom. The van der Waals surface area contributed by atoms with Crippen LogP contribution in [0.3, 0.4) is 0 Å². The van der Waals surface area contributed by atoms with Crippen LogP contribution in [-0.4, -0.2) is 29.6 Å². The van der Waals surface area contributed by atoms with Gasteiger partial charge in [-0.3, -0.25) is 14.9 Å². The summed E-state index contributed by atoms with van der Waals surface area (Å²) in [7, 11) is 0. The van der Waals surface area contributed by atoms with Gasteiger partial charge in [-0.05, 0) is 25.0 Å². The number of rotatable bonds is 3. The highest BCUT2D eigenvalue weighted by atomic mass is 16.6. The molecule has 1 aromatic rings. The van der Waals surface area contributed by atoms with Crippen LogP contribution < -0.4 is 11.1 Å². The standard InChI is InChI=1S/C12H15N3O4/c13-12(5-7-19-8-6-12)11(16)14-9-1-3-10(4-2-9)15(17)18/h1-4H,5-8,13H2,(H,14,16). The van der Waals surface area contributed by atoms with Crippen molar-refractivity contribution in [2.24, 2.45) is 5.73 Å². The van der Waals surface area contributed by atoms with E-state index in [0.29, 0.717) is 31.7 Å². The van der Waals surface area contributed by atoms with Crippen molar-refractivity contribution < 1.29 is 14.5 Å². The number of nitro groups is 1. The van der Waals surface area contributed by atoms with E-state index in [4.69, 9.17) is 10.5 Å². The molecule has 102 valence electrons. The molecule has 0 aliphatic carbocycles. The molecular formula is C12H15N3O4. The third kappa shape index (κ3) is 3.07. The van der Waals surface area contributed by atoms with Gasteiger partial charge in [0.25, 0.3) is 5.69 Å². The predicted octanol–water partition coefficient (Wildman–Crippen LogP) is 1.04. The van der Waals surface area contributed by atoms with Gasteiger partial charge < -0.3 is 15.8 Å². The fourth-order valence-electron chi connectivity index (χ4n) is 1.88. The Labute approximate surface area is 109 Å². The molecule has 1 aliphatic heterocycles. The van der Waals surface area contributed by atoms with Gasteiger partial charge in [-0.1, -0.05) is 0 Å². The van der Waals surface area contributed by atoms with Crippen LogP contribution in [-0.2, 0) is 9.53 Å². The van der Waals surface area contributed by atoms with Gasteiger partial charge in [-0.2, -0.15) is 0 Å². The zero-order chi connectivity index (χ0) is 13.9. The number of nitro benzene ring substituents is 1. The molecule has 0 aromatic heterocycles. The van der Waals surface area contributed by atoms with Crippen LogP contribution in [0.2, 0.25) is 0 Å². The number of carbonyl (C=O) groups excluding carboxylic acids is 1. The van der Waals surface area contributed by atoms with E-state index >= 15 is 0 Å². The summed E-state index contributed by atoms with van der Waals surface area (Å²) in [6, 6.07) is 5.64. The normalized spacial score (nSPS) is 17.7. The summed E-state index contributed by atoms with van der Waals surface area (Å²) in [6.07, 6.45) is 0.928. The van der Waals surface area contributed by atoms with E-state index in [1.165, 1.54) is 24.3 Å². The number of nitrogens with zero attached hydrogens (tertiary/aromatic N) is 1. The number of anilines is 1. The van der Waals surface area contributed by atoms with Crippen molar-refractivity contribution in [3.05, 3.63) is 34.4 Å². The Morgan fingerprint density at radius 2 is 1.89 bits per heavy atom. The molecule has 3 N–H and O–H groups in total. The second-order valence-corrected chi connectivity index (χ2v) is 4.53. The summed E-state index contributed by atoms with van der Waals surface area (Å²) >= 11 is 0. The van der Waals surface area contributed by atoms with Gasteiger partial charge in [0.1, 0.15) is 5.54 Å². The summed E-state index contributed by atoms with van der Waals surface area (Å²) in [5.41, 5.74) is 5.57. The number of hydrogen-bond donors (Lipinski definition) is 2. The number of nitrogens with one attached hydrogen (secondary N) is 1. The second-order valence-electron chi connectivity index (χ2n) is 4.53. The van der Waals surface area contributed by atoms with Crippen LogP contribution >= 0.6 is 0 Å². The third-order valence-electron chi connectivity index (χ3n) is 3.17. The highest BCUT2D eigenvalue weighted by Crippen LogP contribution is 2.21. The smallest absolute Gasteiger partial charge is 0.269 e. The van der Waals surface area contributed by atoms with Gasteiger partial charge in [0.15, 0.2) is 0 Å². The molecule has 1 aliphatic rings. The molecule has 0 bridgehead atoms. The van der Waals surface area contributed by atoms with Gasteiger partial charge in [0.2, 0.25) is 5.91 Å². The molecule has 0 radical (unpaired) electrons. The molecule has 7 heteroatoms. The Kier molecular flexibility index (Phi) is 3.77. The van der Waals surface area contributed by atoms with E-state index in [-0.39, 0.29) is 11.6 Å². The van der Waals surface area contributed by atoms with Crippen LogP contribution in [0.25, 0.3) is 0 Å². The number of non-ortho nitro benzene ring substituents is 1. The average molecular weight is 265 g/mol. The Bertz CT molecular complexity index is 480. The summed E-state index contributed by atoms with van der Waals surface area (Å²) in [5, 5.41) is 13.2. The predicted molar refractivity (Wildman–Crippen MR) is 68.7 cm³/mol. The maximum atomic E-state index is 12.1. The monoisotopic (exact) mass is 265 g/mol. The van der Waals surface area contributed by atoms with Crippen molar-refractivity contribution in [3.63, 3.8) is 0 Å². The van der Waals surface area contributed by atoms with Crippen molar-refractivity contribution in [2.75, 3.05) is 18.5 Å². The van der Waals surface area contributed by atoms with E-state index in [2.05, 4.69) is 5.32 Å². The number of amides is 1. The SMILES string of the molecule is NC1(C(=O)Nc2ccc([N+](=O)[O-])cc2)CCOCC1. The number of nitrogens with two attached hydrogens (primary N) is 1. The molecule has 1 fully saturated rings. The first-order chi connectivity index (χ1) is 9.01. The lowest BCUT2D eigenvalue weighted by atomic mass is 9.90. The average Bonchev–Trinajstić information content (AvgIpc) is 2.40. The van der Waals surface area contributed by atoms with Crippen molar-refractivity contribution in [3.8, 4) is 0 Å². The number of carbonyl (C=O) groups is 1. The lowest BCUT2D eigenvalue weighted by Crippen LogP contribution is -2.54. The quantitative estimate of drug-likeness (QED) is 0.627. The molecule has 1 saturated heterocycles. The van der Waals surface area contributed by atoms with Gasteiger partial charge in [-0.15, -0.1) is 0 Å². The maximum Gasteiger partial charge on any atom is 0.269 e. The van der Waals surface area contributed by atoms with Gasteiger partial charge >= 0.3 is 0 Å². The summed E-state index contributed by atoms with van der Waals surface area (Å²) in [6.45, 7) is 0.925. The molecule has 1 aromatic carbocycles. The van der Waals surface area contributed by atoms with Crippen LogP contribution in [0.5, 0.6) is 0 Å². The van der Waals surface area contributed by atoms with E-state index in [0.717, 1.165) is 0 Å². The minimum Gasteiger partial charge on any atom is -0.381 e. The topological polar surface area (TPSA) is 107 Å². The van der Waals surface area contributed by atoms with E-state index in [1.807, 2.05) is 0 Å². The number of ether oxygens (including phenoxy) is 1. The second kappa shape index (κ2) is 5.33. The van der Waals surface area contributed by atoms with Crippen molar-refractivity contribution in [1.29, 1.82) is 0 Å². The van der Waals surface area contributed by atoms with E-state index in [1.54, 1.807) is 0 Å². The lowest BCUT2D eigenvalue weighted by Gasteiger charge is -2.31. The molecule has 19 heavy (non-hydrogen) atoms. The highest BCUT2D eigenvalue weighted by Gasteiger charge is 2.35. The van der Waals surface area contributed by atoms with Crippen molar-refractivity contribution >= 4 is 17.3 Å². The van der Waals surface area contributed by atoms with E-state index in [9.17, 15) is 14.9 Å². The molecule has 0 atom stereocenters. The first kappa shape index (κ1) is 13.4. The largest absolute Gasteiger partial charge is 0.381 e. The first-order valence-electron chi connectivity index (χ1n) is 5.94. The minimum atomic E-state index is -0.931. The molecule has 2 rings (SSSR count). The number of benzene rings is 1. The Hall–Kier alpha value is -1.99. The molecule has 1 heterocycles. The molecule has 0 spiro atoms. The van der Waals surface area contributed by atoms with Crippen LogP contribution in [0.15, 0.2) is 24.3 Å². The minimum absolute atomic E-state index is 0.0217. The van der Waals surface area contributed by atoms with Crippen molar-refractivity contribution in [2.45, 2.75) is 18.4 Å². The van der Waals surface area contributed by atoms with E-state index < -0.39 is 10.5 Å².